The summed E-state index contributed by atoms with van der Waals surface area (Å²) in [5.74, 6) is 6.54. The van der Waals surface area contributed by atoms with Gasteiger partial charge in [-0.2, -0.15) is 4.37 Å². The predicted octanol–water partition coefficient (Wildman–Crippen LogP) is 1.64. The van der Waals surface area contributed by atoms with Crippen LogP contribution in [-0.2, 0) is 6.42 Å². The molecule has 90 valence electrons. The van der Waals surface area contributed by atoms with E-state index in [-0.39, 0.29) is 0 Å². The van der Waals surface area contributed by atoms with Crippen molar-refractivity contribution < 1.29 is 0 Å². The molecule has 2 heterocycles. The summed E-state index contributed by atoms with van der Waals surface area (Å²) in [5.41, 5.74) is 3.42. The van der Waals surface area contributed by atoms with Crippen LogP contribution in [0.3, 0.4) is 0 Å². The second kappa shape index (κ2) is 5.39. The molecule has 17 heavy (non-hydrogen) atoms. The van der Waals surface area contributed by atoms with Crippen LogP contribution in [0.25, 0.3) is 0 Å². The molecule has 8 heteroatoms. The smallest absolute Gasteiger partial charge is 0.238 e. The van der Waals surface area contributed by atoms with Crippen molar-refractivity contribution in [3.05, 3.63) is 17.6 Å². The average molecular weight is 268 g/mol. The summed E-state index contributed by atoms with van der Waals surface area (Å²) in [4.78, 5) is 12.7. The Labute approximate surface area is 107 Å². The molecule has 0 aliphatic rings. The van der Waals surface area contributed by atoms with Crippen LogP contribution in [0.4, 0.5) is 5.95 Å². The van der Waals surface area contributed by atoms with E-state index in [2.05, 4.69) is 24.8 Å². The molecule has 0 aliphatic heterocycles. The summed E-state index contributed by atoms with van der Waals surface area (Å²) in [6, 6.07) is 0. The number of nitrogen functional groups attached to an aromatic ring is 1. The van der Waals surface area contributed by atoms with Crippen molar-refractivity contribution in [1.82, 2.24) is 19.3 Å². The number of hydrogen-bond donors (Lipinski definition) is 2. The van der Waals surface area contributed by atoms with E-state index in [1.165, 1.54) is 23.3 Å². The number of nitrogens with one attached hydrogen (secondary N) is 1. The number of hydrazine groups is 1. The minimum absolute atomic E-state index is 0.401. The number of nitrogens with two attached hydrogens (primary N) is 1. The lowest BCUT2D eigenvalue weighted by molar-refractivity contribution is 0.964. The molecule has 0 amide bonds. The molecule has 3 N–H and O–H groups in total. The first-order chi connectivity index (χ1) is 8.22. The molecule has 0 saturated carbocycles. The van der Waals surface area contributed by atoms with E-state index in [1.807, 2.05) is 13.8 Å². The molecule has 0 spiro atoms. The van der Waals surface area contributed by atoms with E-state index in [4.69, 9.17) is 5.84 Å². The molecule has 6 nitrogen and oxygen atoms in total. The maximum Gasteiger partial charge on any atom is 0.238 e. The molecule has 0 bridgehead atoms. The van der Waals surface area contributed by atoms with Gasteiger partial charge in [0.25, 0.3) is 0 Å². The highest BCUT2D eigenvalue weighted by Gasteiger charge is 2.09. The molecule has 0 unspecified atom stereocenters. The summed E-state index contributed by atoms with van der Waals surface area (Å²) >= 11 is 2.86. The van der Waals surface area contributed by atoms with Gasteiger partial charge in [0.1, 0.15) is 10.9 Å². The molecule has 2 aromatic heterocycles. The largest absolute Gasteiger partial charge is 0.292 e. The number of hydrogen-bond acceptors (Lipinski definition) is 8. The van der Waals surface area contributed by atoms with E-state index in [1.54, 1.807) is 6.20 Å². The third-order valence-corrected chi connectivity index (χ3v) is 3.90. The van der Waals surface area contributed by atoms with Crippen LogP contribution in [-0.4, -0.2) is 19.3 Å². The van der Waals surface area contributed by atoms with Crippen LogP contribution >= 0.6 is 23.3 Å². The topological polar surface area (TPSA) is 89.6 Å². The van der Waals surface area contributed by atoms with Gasteiger partial charge in [0, 0.05) is 18.2 Å². The second-order valence-electron chi connectivity index (χ2n) is 3.26. The van der Waals surface area contributed by atoms with Gasteiger partial charge in [-0.15, -0.1) is 0 Å². The molecule has 2 aromatic rings. The van der Waals surface area contributed by atoms with Crippen molar-refractivity contribution in [2.75, 3.05) is 5.43 Å². The Morgan fingerprint density at radius 2 is 2.29 bits per heavy atom. The Morgan fingerprint density at radius 1 is 1.47 bits per heavy atom. The van der Waals surface area contributed by atoms with Crippen LogP contribution in [0, 0.1) is 6.92 Å². The lowest BCUT2D eigenvalue weighted by Gasteiger charge is -2.03. The second-order valence-corrected chi connectivity index (χ2v) is 5.25. The lowest BCUT2D eigenvalue weighted by Crippen LogP contribution is -2.10. The maximum absolute atomic E-state index is 5.28. The maximum atomic E-state index is 5.28. The highest BCUT2D eigenvalue weighted by molar-refractivity contribution is 8.00. The summed E-state index contributed by atoms with van der Waals surface area (Å²) in [6.45, 7) is 3.98. The predicted molar refractivity (Wildman–Crippen MR) is 68.0 cm³/mol. The van der Waals surface area contributed by atoms with Gasteiger partial charge in [0.05, 0.1) is 0 Å². The van der Waals surface area contributed by atoms with Crippen molar-refractivity contribution >= 4 is 29.2 Å². The van der Waals surface area contributed by atoms with Crippen molar-refractivity contribution in [1.29, 1.82) is 0 Å². The van der Waals surface area contributed by atoms with Crippen LogP contribution in [0.2, 0.25) is 0 Å². The van der Waals surface area contributed by atoms with Gasteiger partial charge in [-0.05, 0) is 30.2 Å². The number of nitrogens with zero attached hydrogens (tertiary/aromatic N) is 4. The molecule has 0 atom stereocenters. The van der Waals surface area contributed by atoms with E-state index < -0.39 is 0 Å². The van der Waals surface area contributed by atoms with Crippen LogP contribution < -0.4 is 11.3 Å². The van der Waals surface area contributed by atoms with E-state index >= 15 is 0 Å². The minimum Gasteiger partial charge on any atom is -0.292 e. The normalized spacial score (nSPS) is 10.5. The molecular formula is C9H12N6S2. The number of aryl methyl sites for hydroxylation is 2. The molecule has 0 saturated heterocycles. The third-order valence-electron chi connectivity index (χ3n) is 2.00. The molecule has 0 fully saturated rings. The van der Waals surface area contributed by atoms with E-state index in [0.29, 0.717) is 5.95 Å². The first kappa shape index (κ1) is 12.2. The third kappa shape index (κ3) is 2.90. The van der Waals surface area contributed by atoms with Gasteiger partial charge in [-0.25, -0.2) is 20.8 Å². The van der Waals surface area contributed by atoms with E-state index in [0.717, 1.165) is 27.2 Å². The van der Waals surface area contributed by atoms with Crippen molar-refractivity contribution in [3.63, 3.8) is 0 Å². The average Bonchev–Trinajstić information content (AvgIpc) is 2.80. The fourth-order valence-electron chi connectivity index (χ4n) is 1.10. The Hall–Kier alpha value is -1.25. The Morgan fingerprint density at radius 3 is 2.94 bits per heavy atom. The number of anilines is 1. The fraction of sp³-hybridized carbons (Fsp3) is 0.333. The molecule has 0 radical (unpaired) electrons. The van der Waals surface area contributed by atoms with Crippen LogP contribution in [0.5, 0.6) is 0 Å². The van der Waals surface area contributed by atoms with Crippen molar-refractivity contribution in [3.8, 4) is 0 Å². The first-order valence-electron chi connectivity index (χ1n) is 5.03. The molecular weight excluding hydrogens is 256 g/mol. The van der Waals surface area contributed by atoms with Gasteiger partial charge in [0.15, 0.2) is 4.34 Å². The quantitative estimate of drug-likeness (QED) is 0.495. The highest BCUT2D eigenvalue weighted by atomic mass is 32.2. The van der Waals surface area contributed by atoms with Crippen molar-refractivity contribution in [2.45, 2.75) is 29.6 Å². The van der Waals surface area contributed by atoms with Gasteiger partial charge in [0.2, 0.25) is 5.95 Å². The lowest BCUT2D eigenvalue weighted by atomic mass is 10.4. The standard InChI is InChI=1S/C9H12N6S2/c1-3-6-12-9(17-15-6)16-7-5(2)4-11-8(13-7)14-10/h4H,3,10H2,1-2H3,(H,11,13,14). The molecule has 2 rings (SSSR count). The molecule has 0 aliphatic carbocycles. The summed E-state index contributed by atoms with van der Waals surface area (Å²) in [5, 5.41) is 0.840. The number of aromatic nitrogens is 4. The zero-order valence-electron chi connectivity index (χ0n) is 9.47. The van der Waals surface area contributed by atoms with Crippen molar-refractivity contribution in [2.24, 2.45) is 5.84 Å². The van der Waals surface area contributed by atoms with Gasteiger partial charge >= 0.3 is 0 Å². The Balaban J connectivity index is 2.22. The minimum atomic E-state index is 0.401. The number of rotatable bonds is 4. The SMILES string of the molecule is CCc1nsc(Sc2nc(NN)ncc2C)n1. The van der Waals surface area contributed by atoms with E-state index in [9.17, 15) is 0 Å². The van der Waals surface area contributed by atoms with Gasteiger partial charge in [-0.1, -0.05) is 6.92 Å². The summed E-state index contributed by atoms with van der Waals surface area (Å²) in [7, 11) is 0. The molecule has 0 aromatic carbocycles. The zero-order valence-corrected chi connectivity index (χ0v) is 11.1. The van der Waals surface area contributed by atoms with Gasteiger partial charge < -0.3 is 0 Å². The Bertz CT molecular complexity index is 512. The fourth-order valence-corrected chi connectivity index (χ4v) is 2.76. The summed E-state index contributed by atoms with van der Waals surface area (Å²) in [6.07, 6.45) is 2.57. The Kier molecular flexibility index (Phi) is 3.87. The monoisotopic (exact) mass is 268 g/mol. The van der Waals surface area contributed by atoms with Crippen LogP contribution in [0.1, 0.15) is 18.3 Å². The summed E-state index contributed by atoms with van der Waals surface area (Å²) < 4.78 is 5.11. The van der Waals surface area contributed by atoms with Crippen LogP contribution in [0.15, 0.2) is 15.6 Å². The van der Waals surface area contributed by atoms with Gasteiger partial charge in [-0.3, -0.25) is 5.43 Å². The highest BCUT2D eigenvalue weighted by Crippen LogP contribution is 2.30. The zero-order chi connectivity index (χ0) is 12.3. The first-order valence-corrected chi connectivity index (χ1v) is 6.62.